The van der Waals surface area contributed by atoms with Gasteiger partial charge in [0.2, 0.25) is 5.91 Å². The Kier molecular flexibility index (Phi) is 5.79. The first-order valence-corrected chi connectivity index (χ1v) is 8.32. The Morgan fingerprint density at radius 3 is 2.17 bits per heavy atom. The second kappa shape index (κ2) is 7.63. The van der Waals surface area contributed by atoms with E-state index in [1.54, 1.807) is 12.1 Å². The molecule has 3 nitrogen and oxygen atoms in total. The van der Waals surface area contributed by atoms with Crippen molar-refractivity contribution in [2.45, 2.75) is 39.5 Å². The molecule has 0 atom stereocenters. The zero-order valence-corrected chi connectivity index (χ0v) is 15.3. The number of hydrogen-bond donors (Lipinski definition) is 1. The fraction of sp³-hybridized carbons (Fsp3) is 0.300. The first-order valence-electron chi connectivity index (χ1n) is 7.94. The van der Waals surface area contributed by atoms with Gasteiger partial charge >= 0.3 is 0 Å². The smallest absolute Gasteiger partial charge is 0.244 e. The maximum Gasteiger partial charge on any atom is 0.244 e. The number of carbonyl (C=O) groups excluding carboxylic acids is 1. The maximum atomic E-state index is 12.0. The summed E-state index contributed by atoms with van der Waals surface area (Å²) < 4.78 is 0. The van der Waals surface area contributed by atoms with E-state index in [1.165, 1.54) is 5.56 Å². The molecule has 0 heterocycles. The molecule has 1 amide bonds. The molecule has 0 radical (unpaired) electrons. The van der Waals surface area contributed by atoms with Crippen molar-refractivity contribution in [2.24, 2.45) is 5.10 Å². The van der Waals surface area contributed by atoms with Crippen molar-refractivity contribution in [3.8, 4) is 0 Å². The molecule has 1 N–H and O–H groups in total. The second-order valence-corrected chi connectivity index (χ2v) is 7.30. The van der Waals surface area contributed by atoms with Crippen LogP contribution in [-0.2, 0) is 16.6 Å². The van der Waals surface area contributed by atoms with Gasteiger partial charge in [0.05, 0.1) is 12.1 Å². The molecule has 0 bridgehead atoms. The van der Waals surface area contributed by atoms with Gasteiger partial charge in [-0.05, 0) is 41.2 Å². The molecule has 126 valence electrons. The van der Waals surface area contributed by atoms with Crippen LogP contribution in [0.4, 0.5) is 0 Å². The lowest BCUT2D eigenvalue weighted by Crippen LogP contribution is -2.21. The van der Waals surface area contributed by atoms with E-state index in [0.29, 0.717) is 11.4 Å². The van der Waals surface area contributed by atoms with Crippen molar-refractivity contribution in [3.05, 3.63) is 70.2 Å². The Bertz CT molecular complexity index is 726. The summed E-state index contributed by atoms with van der Waals surface area (Å²) in [6.07, 6.45) is 0.307. The standard InChI is InChI=1S/C20H23ClN2O/c1-14(16-7-11-18(21)12-8-16)22-23-19(24)13-15-5-9-17(10-6-15)20(2,3)4/h5-12H,13H2,1-4H3,(H,23,24)/b22-14-. The molecule has 0 spiro atoms. The van der Waals surface area contributed by atoms with Crippen LogP contribution in [0.5, 0.6) is 0 Å². The molecule has 0 aliphatic heterocycles. The maximum absolute atomic E-state index is 12.0. The molecule has 24 heavy (non-hydrogen) atoms. The molecule has 4 heteroatoms. The van der Waals surface area contributed by atoms with Crippen molar-refractivity contribution in [1.29, 1.82) is 0 Å². The lowest BCUT2D eigenvalue weighted by atomic mass is 9.86. The number of nitrogens with zero attached hydrogens (tertiary/aromatic N) is 1. The van der Waals surface area contributed by atoms with E-state index in [2.05, 4.69) is 43.4 Å². The first-order chi connectivity index (χ1) is 11.3. The van der Waals surface area contributed by atoms with Crippen LogP contribution in [0.25, 0.3) is 0 Å². The third-order valence-corrected chi connectivity index (χ3v) is 4.05. The van der Waals surface area contributed by atoms with Gasteiger partial charge in [-0.15, -0.1) is 0 Å². The Morgan fingerprint density at radius 1 is 1.04 bits per heavy atom. The second-order valence-electron chi connectivity index (χ2n) is 6.86. The van der Waals surface area contributed by atoms with E-state index < -0.39 is 0 Å². The Morgan fingerprint density at radius 2 is 1.62 bits per heavy atom. The van der Waals surface area contributed by atoms with Gasteiger partial charge in [-0.2, -0.15) is 5.10 Å². The highest BCUT2D eigenvalue weighted by Gasteiger charge is 2.13. The monoisotopic (exact) mass is 342 g/mol. The summed E-state index contributed by atoms with van der Waals surface area (Å²) in [4.78, 5) is 12.0. The summed E-state index contributed by atoms with van der Waals surface area (Å²) in [5.74, 6) is -0.133. The fourth-order valence-corrected chi connectivity index (χ4v) is 2.38. The van der Waals surface area contributed by atoms with Gasteiger partial charge in [-0.25, -0.2) is 5.43 Å². The lowest BCUT2D eigenvalue weighted by Gasteiger charge is -2.19. The van der Waals surface area contributed by atoms with Crippen LogP contribution in [0.15, 0.2) is 53.6 Å². The van der Waals surface area contributed by atoms with Gasteiger partial charge in [-0.1, -0.05) is 68.8 Å². The van der Waals surface area contributed by atoms with E-state index in [4.69, 9.17) is 11.6 Å². The third-order valence-electron chi connectivity index (χ3n) is 3.79. The Hall–Kier alpha value is -2.13. The number of carbonyl (C=O) groups is 1. The molecule has 0 aromatic heterocycles. The minimum absolute atomic E-state index is 0.112. The molecule has 0 unspecified atom stereocenters. The SMILES string of the molecule is C/C(=N/NC(=O)Cc1ccc(C(C)(C)C)cc1)c1ccc(Cl)cc1. The Balaban J connectivity index is 1.95. The summed E-state index contributed by atoms with van der Waals surface area (Å²) in [6.45, 7) is 8.36. The predicted octanol–water partition coefficient (Wildman–Crippen LogP) is 4.72. The van der Waals surface area contributed by atoms with Gasteiger partial charge in [0.25, 0.3) is 0 Å². The minimum atomic E-state index is -0.133. The summed E-state index contributed by atoms with van der Waals surface area (Å²) in [5.41, 5.74) is 6.61. The molecule has 2 aromatic rings. The summed E-state index contributed by atoms with van der Waals surface area (Å²) in [7, 11) is 0. The van der Waals surface area contributed by atoms with E-state index in [1.807, 2.05) is 31.2 Å². The van der Waals surface area contributed by atoms with E-state index in [9.17, 15) is 4.79 Å². The summed E-state index contributed by atoms with van der Waals surface area (Å²) >= 11 is 5.86. The number of hydrogen-bond acceptors (Lipinski definition) is 2. The summed E-state index contributed by atoms with van der Waals surface area (Å²) in [6, 6.07) is 15.5. The zero-order chi connectivity index (χ0) is 17.7. The molecule has 0 saturated heterocycles. The van der Waals surface area contributed by atoms with Crippen LogP contribution in [-0.4, -0.2) is 11.6 Å². The highest BCUT2D eigenvalue weighted by Crippen LogP contribution is 2.22. The van der Waals surface area contributed by atoms with Gasteiger partial charge < -0.3 is 0 Å². The lowest BCUT2D eigenvalue weighted by molar-refractivity contribution is -0.120. The van der Waals surface area contributed by atoms with Crippen LogP contribution >= 0.6 is 11.6 Å². The summed E-state index contributed by atoms with van der Waals surface area (Å²) in [5, 5.41) is 4.83. The number of hydrazone groups is 1. The normalized spacial score (nSPS) is 12.1. The number of halogens is 1. The quantitative estimate of drug-likeness (QED) is 0.634. The predicted molar refractivity (Wildman–Crippen MR) is 101 cm³/mol. The average Bonchev–Trinajstić information content (AvgIpc) is 2.53. The van der Waals surface area contributed by atoms with Crippen LogP contribution in [0.3, 0.4) is 0 Å². The van der Waals surface area contributed by atoms with E-state index in [0.717, 1.165) is 16.8 Å². The average molecular weight is 343 g/mol. The number of amides is 1. The van der Waals surface area contributed by atoms with Crippen LogP contribution < -0.4 is 5.43 Å². The molecular formula is C20H23ClN2O. The molecule has 0 aliphatic carbocycles. The molecule has 2 rings (SSSR count). The molecular weight excluding hydrogens is 320 g/mol. The van der Waals surface area contributed by atoms with E-state index >= 15 is 0 Å². The number of benzene rings is 2. The van der Waals surface area contributed by atoms with Gasteiger partial charge in [0.1, 0.15) is 0 Å². The van der Waals surface area contributed by atoms with Crippen molar-refractivity contribution in [2.75, 3.05) is 0 Å². The van der Waals surface area contributed by atoms with Crippen molar-refractivity contribution >= 4 is 23.2 Å². The number of rotatable bonds is 4. The largest absolute Gasteiger partial charge is 0.273 e. The van der Waals surface area contributed by atoms with Crippen molar-refractivity contribution in [1.82, 2.24) is 5.43 Å². The molecule has 0 fully saturated rings. The molecule has 0 aliphatic rings. The highest BCUT2D eigenvalue weighted by atomic mass is 35.5. The first kappa shape index (κ1) is 18.2. The van der Waals surface area contributed by atoms with E-state index in [-0.39, 0.29) is 11.3 Å². The van der Waals surface area contributed by atoms with Crippen molar-refractivity contribution < 1.29 is 4.79 Å². The molecule has 2 aromatic carbocycles. The Labute approximate surface area is 148 Å². The third kappa shape index (κ3) is 5.20. The van der Waals surface area contributed by atoms with Crippen LogP contribution in [0, 0.1) is 0 Å². The van der Waals surface area contributed by atoms with Gasteiger partial charge in [0, 0.05) is 5.02 Å². The highest BCUT2D eigenvalue weighted by molar-refractivity contribution is 6.30. The van der Waals surface area contributed by atoms with Crippen molar-refractivity contribution in [3.63, 3.8) is 0 Å². The topological polar surface area (TPSA) is 41.5 Å². The zero-order valence-electron chi connectivity index (χ0n) is 14.6. The molecule has 0 saturated carbocycles. The van der Waals surface area contributed by atoms with Crippen LogP contribution in [0.2, 0.25) is 5.02 Å². The minimum Gasteiger partial charge on any atom is -0.273 e. The fourth-order valence-electron chi connectivity index (χ4n) is 2.25. The van der Waals surface area contributed by atoms with Crippen LogP contribution in [0.1, 0.15) is 44.4 Å². The van der Waals surface area contributed by atoms with Gasteiger partial charge in [0.15, 0.2) is 0 Å². The van der Waals surface area contributed by atoms with Gasteiger partial charge in [-0.3, -0.25) is 4.79 Å². The number of nitrogens with one attached hydrogen (secondary N) is 1.